The number of hydrogen-bond acceptors (Lipinski definition) is 4. The van der Waals surface area contributed by atoms with Gasteiger partial charge in [-0.25, -0.2) is 4.79 Å². The van der Waals surface area contributed by atoms with Crippen LogP contribution in [0.4, 0.5) is 0 Å². The Hall–Kier alpha value is -0.880. The molecule has 1 atom stereocenters. The van der Waals surface area contributed by atoms with Crippen LogP contribution in [-0.2, 0) is 20.7 Å². The lowest BCUT2D eigenvalue weighted by Gasteiger charge is -2.06. The summed E-state index contributed by atoms with van der Waals surface area (Å²) in [7, 11) is 0. The second-order valence-electron chi connectivity index (χ2n) is 3.11. The Morgan fingerprint density at radius 1 is 1.47 bits per heavy atom. The van der Waals surface area contributed by atoms with Crippen molar-refractivity contribution in [1.29, 1.82) is 0 Å². The van der Waals surface area contributed by atoms with E-state index in [1.807, 2.05) is 12.1 Å². The van der Waals surface area contributed by atoms with Crippen LogP contribution < -0.4 is 5.32 Å². The summed E-state index contributed by atoms with van der Waals surface area (Å²) in [5, 5.41) is 2.46. The van der Waals surface area contributed by atoms with Crippen molar-refractivity contribution in [2.75, 3.05) is 0 Å². The van der Waals surface area contributed by atoms with Crippen molar-refractivity contribution in [3.05, 3.63) is 20.8 Å². The Morgan fingerprint density at radius 2 is 2.27 bits per heavy atom. The van der Waals surface area contributed by atoms with Gasteiger partial charge in [-0.2, -0.15) is 0 Å². The van der Waals surface area contributed by atoms with Crippen LogP contribution >= 0.6 is 27.3 Å². The van der Waals surface area contributed by atoms with Crippen molar-refractivity contribution in [2.24, 2.45) is 0 Å². The molecule has 4 nitrogen and oxygen atoms in total. The fourth-order valence-electron chi connectivity index (χ4n) is 1.31. The topological polar surface area (TPSA) is 55.4 Å². The number of halogens is 1. The maximum atomic E-state index is 10.8. The maximum Gasteiger partial charge on any atom is 0.398 e. The van der Waals surface area contributed by atoms with Gasteiger partial charge in [-0.05, 0) is 34.5 Å². The van der Waals surface area contributed by atoms with Gasteiger partial charge < -0.3 is 10.1 Å². The quantitative estimate of drug-likeness (QED) is 0.677. The zero-order chi connectivity index (χ0) is 10.8. The van der Waals surface area contributed by atoms with E-state index >= 15 is 0 Å². The molecule has 1 amide bonds. The molecule has 1 N–H and O–H groups in total. The number of thiophene rings is 1. The second-order valence-corrected chi connectivity index (χ2v) is 5.66. The molecule has 1 aromatic rings. The summed E-state index contributed by atoms with van der Waals surface area (Å²) < 4.78 is 5.87. The normalized spacial score (nSPS) is 20.2. The highest BCUT2D eigenvalue weighted by Gasteiger charge is 2.30. The molecule has 1 aliphatic heterocycles. The molecular formula is C9H8BrNO3S. The number of aryl methyl sites for hydroxylation is 1. The van der Waals surface area contributed by atoms with Gasteiger partial charge in [0.25, 0.3) is 0 Å². The molecule has 1 saturated heterocycles. The van der Waals surface area contributed by atoms with Crippen LogP contribution in [0.5, 0.6) is 0 Å². The maximum absolute atomic E-state index is 10.8. The molecule has 1 aliphatic rings. The standard InChI is InChI=1S/C9H8BrNO3S/c10-6-3-1-5(15-6)2-4-7-11-8(12)9(13)14-7/h1,3,7H,2,4H2,(H,11,12). The first-order chi connectivity index (χ1) is 7.15. The Kier molecular flexibility index (Phi) is 3.06. The SMILES string of the molecule is O=C1NC(CCc2ccc(Br)s2)OC1=O. The zero-order valence-electron chi connectivity index (χ0n) is 7.66. The number of cyclic esters (lactones) is 1. The van der Waals surface area contributed by atoms with E-state index in [0.717, 1.165) is 10.2 Å². The molecule has 2 rings (SSSR count). The van der Waals surface area contributed by atoms with Gasteiger partial charge in [0.05, 0.1) is 3.79 Å². The summed E-state index contributed by atoms with van der Waals surface area (Å²) in [4.78, 5) is 22.8. The van der Waals surface area contributed by atoms with Crippen molar-refractivity contribution in [3.8, 4) is 0 Å². The third kappa shape index (κ3) is 2.57. The first kappa shape index (κ1) is 10.6. The molecular weight excluding hydrogens is 282 g/mol. The van der Waals surface area contributed by atoms with E-state index in [-0.39, 0.29) is 0 Å². The molecule has 6 heteroatoms. The van der Waals surface area contributed by atoms with Crippen molar-refractivity contribution >= 4 is 39.1 Å². The Balaban J connectivity index is 1.84. The molecule has 0 aliphatic carbocycles. The van der Waals surface area contributed by atoms with Crippen LogP contribution in [0, 0.1) is 0 Å². The Morgan fingerprint density at radius 3 is 2.80 bits per heavy atom. The Labute approximate surface area is 98.7 Å². The monoisotopic (exact) mass is 289 g/mol. The minimum atomic E-state index is -0.785. The van der Waals surface area contributed by atoms with Crippen molar-refractivity contribution in [1.82, 2.24) is 5.32 Å². The lowest BCUT2D eigenvalue weighted by molar-refractivity contribution is -0.149. The highest BCUT2D eigenvalue weighted by Crippen LogP contribution is 2.23. The number of carbonyl (C=O) groups excluding carboxylic acids is 2. The predicted molar refractivity (Wildman–Crippen MR) is 58.4 cm³/mol. The molecule has 0 spiro atoms. The van der Waals surface area contributed by atoms with Gasteiger partial charge in [0.2, 0.25) is 0 Å². The van der Waals surface area contributed by atoms with Crippen LogP contribution in [0.2, 0.25) is 0 Å². The largest absolute Gasteiger partial charge is 0.435 e. The van der Waals surface area contributed by atoms with Gasteiger partial charge in [0, 0.05) is 11.3 Å². The number of amides is 1. The van der Waals surface area contributed by atoms with E-state index in [2.05, 4.69) is 21.2 Å². The zero-order valence-corrected chi connectivity index (χ0v) is 10.1. The summed E-state index contributed by atoms with van der Waals surface area (Å²) in [6.45, 7) is 0. The van der Waals surface area contributed by atoms with Gasteiger partial charge in [0.1, 0.15) is 0 Å². The molecule has 15 heavy (non-hydrogen) atoms. The lowest BCUT2D eigenvalue weighted by atomic mass is 10.2. The predicted octanol–water partition coefficient (Wildman–Crippen LogP) is 1.44. The number of carbonyl (C=O) groups is 2. The van der Waals surface area contributed by atoms with Crippen LogP contribution in [-0.4, -0.2) is 18.1 Å². The van der Waals surface area contributed by atoms with Crippen LogP contribution in [0.25, 0.3) is 0 Å². The van der Waals surface area contributed by atoms with E-state index in [0.29, 0.717) is 6.42 Å². The molecule has 0 radical (unpaired) electrons. The lowest BCUT2D eigenvalue weighted by Crippen LogP contribution is -2.27. The number of esters is 1. The van der Waals surface area contributed by atoms with Gasteiger partial charge in [-0.1, -0.05) is 0 Å². The van der Waals surface area contributed by atoms with Gasteiger partial charge >= 0.3 is 11.9 Å². The highest BCUT2D eigenvalue weighted by atomic mass is 79.9. The number of ether oxygens (including phenoxy) is 1. The van der Waals surface area contributed by atoms with Crippen LogP contribution in [0.3, 0.4) is 0 Å². The number of hydrogen-bond donors (Lipinski definition) is 1. The average Bonchev–Trinajstić information content (AvgIpc) is 2.72. The van der Waals surface area contributed by atoms with Gasteiger partial charge in [-0.3, -0.25) is 4.79 Å². The Bertz CT molecular complexity index is 388. The van der Waals surface area contributed by atoms with E-state index in [4.69, 9.17) is 4.74 Å². The minimum Gasteiger partial charge on any atom is -0.435 e. The molecule has 0 aromatic carbocycles. The summed E-state index contributed by atoms with van der Waals surface area (Å²) >= 11 is 5.00. The second kappa shape index (κ2) is 4.32. The summed E-state index contributed by atoms with van der Waals surface area (Å²) in [5.41, 5.74) is 0. The number of rotatable bonds is 3. The average molecular weight is 290 g/mol. The molecule has 2 heterocycles. The molecule has 1 fully saturated rings. The summed E-state index contributed by atoms with van der Waals surface area (Å²) in [6.07, 6.45) is 0.935. The van der Waals surface area contributed by atoms with Crippen molar-refractivity contribution in [3.63, 3.8) is 0 Å². The van der Waals surface area contributed by atoms with Crippen molar-refractivity contribution < 1.29 is 14.3 Å². The summed E-state index contributed by atoms with van der Waals surface area (Å²) in [5.74, 6) is -1.43. The smallest absolute Gasteiger partial charge is 0.398 e. The summed E-state index contributed by atoms with van der Waals surface area (Å²) in [6, 6.07) is 3.98. The highest BCUT2D eigenvalue weighted by molar-refractivity contribution is 9.11. The molecule has 0 bridgehead atoms. The van der Waals surface area contributed by atoms with E-state index in [9.17, 15) is 9.59 Å². The third-order valence-electron chi connectivity index (χ3n) is 2.01. The van der Waals surface area contributed by atoms with Crippen LogP contribution in [0.15, 0.2) is 15.9 Å². The van der Waals surface area contributed by atoms with Crippen LogP contribution in [0.1, 0.15) is 11.3 Å². The molecule has 0 saturated carbocycles. The molecule has 1 unspecified atom stereocenters. The van der Waals surface area contributed by atoms with Gasteiger partial charge in [-0.15, -0.1) is 11.3 Å². The fraction of sp³-hybridized carbons (Fsp3) is 0.333. The molecule has 80 valence electrons. The molecule has 1 aromatic heterocycles. The minimum absolute atomic E-state index is 0.467. The third-order valence-corrected chi connectivity index (χ3v) is 3.69. The van der Waals surface area contributed by atoms with E-state index in [1.54, 1.807) is 11.3 Å². The van der Waals surface area contributed by atoms with E-state index in [1.165, 1.54) is 4.88 Å². The first-order valence-corrected chi connectivity index (χ1v) is 6.02. The van der Waals surface area contributed by atoms with Crippen molar-refractivity contribution in [2.45, 2.75) is 19.1 Å². The first-order valence-electron chi connectivity index (χ1n) is 4.41. The fourth-order valence-corrected chi connectivity index (χ4v) is 2.81. The van der Waals surface area contributed by atoms with E-state index < -0.39 is 18.1 Å². The van der Waals surface area contributed by atoms with Gasteiger partial charge in [0.15, 0.2) is 6.23 Å². The number of nitrogens with one attached hydrogen (secondary N) is 1.